The van der Waals surface area contributed by atoms with Crippen molar-refractivity contribution in [3.8, 4) is 0 Å². The molecule has 1 aliphatic rings. The fourth-order valence-corrected chi connectivity index (χ4v) is 2.19. The monoisotopic (exact) mass is 234 g/mol. The Balaban J connectivity index is 0.000000258. The minimum atomic E-state index is -2.00. The standard InChI is InChI=1S/C12H10.2O.Ti/c1-3-9-4-2-6-11-8-7-10(5-1)12(9)11;;;/h1-6H,7-8H2;;;. The van der Waals surface area contributed by atoms with Crippen LogP contribution in [0, 0.1) is 0 Å². The Hall–Kier alpha value is -0.986. The zero-order chi connectivity index (χ0) is 10.7. The molecule has 0 N–H and O–H groups in total. The van der Waals surface area contributed by atoms with Crippen LogP contribution in [0.4, 0.5) is 0 Å². The average Bonchev–Trinajstić information content (AvgIpc) is 2.66. The van der Waals surface area contributed by atoms with Crippen LogP contribution < -0.4 is 0 Å². The van der Waals surface area contributed by atoms with Crippen LogP contribution in [-0.2, 0) is 38.6 Å². The molecule has 0 saturated heterocycles. The van der Waals surface area contributed by atoms with Crippen molar-refractivity contribution in [1.29, 1.82) is 0 Å². The van der Waals surface area contributed by atoms with Crippen molar-refractivity contribution in [2.45, 2.75) is 12.8 Å². The zero-order valence-corrected chi connectivity index (χ0v) is 9.76. The first kappa shape index (κ1) is 10.5. The van der Waals surface area contributed by atoms with Crippen LogP contribution in [0.15, 0.2) is 36.4 Å². The maximum Gasteiger partial charge on any atom is -0.0120 e. The van der Waals surface area contributed by atoms with E-state index in [9.17, 15) is 0 Å². The van der Waals surface area contributed by atoms with E-state index in [1.165, 1.54) is 34.7 Å². The van der Waals surface area contributed by atoms with Crippen molar-refractivity contribution in [1.82, 2.24) is 0 Å². The summed E-state index contributed by atoms with van der Waals surface area (Å²) in [6.07, 6.45) is 2.47. The Bertz CT molecular complexity index is 489. The van der Waals surface area contributed by atoms with Gasteiger partial charge in [-0.15, -0.1) is 0 Å². The molecule has 0 heterocycles. The van der Waals surface area contributed by atoms with E-state index in [4.69, 9.17) is 6.65 Å². The summed E-state index contributed by atoms with van der Waals surface area (Å²) in [5, 5.41) is 2.92. The summed E-state index contributed by atoms with van der Waals surface area (Å²) < 4.78 is 17.0. The van der Waals surface area contributed by atoms with Crippen molar-refractivity contribution < 1.29 is 25.7 Å². The fourth-order valence-electron chi connectivity index (χ4n) is 2.19. The van der Waals surface area contributed by atoms with E-state index in [0.29, 0.717) is 0 Å². The Morgan fingerprint density at radius 1 is 0.867 bits per heavy atom. The largest absolute Gasteiger partial charge is 0.0614 e. The maximum absolute atomic E-state index is 8.50. The van der Waals surface area contributed by atoms with Crippen molar-refractivity contribution in [2.75, 3.05) is 0 Å². The second-order valence-electron chi connectivity index (χ2n) is 3.52. The fraction of sp³-hybridized carbons (Fsp3) is 0.167. The summed E-state index contributed by atoms with van der Waals surface area (Å²) in [4.78, 5) is 0. The van der Waals surface area contributed by atoms with Crippen LogP contribution >= 0.6 is 0 Å². The molecular formula is C12H10O2Ti. The number of aryl methyl sites for hydroxylation is 2. The molecule has 15 heavy (non-hydrogen) atoms. The van der Waals surface area contributed by atoms with Crippen molar-refractivity contribution >= 4 is 10.8 Å². The van der Waals surface area contributed by atoms with Crippen LogP contribution in [0.2, 0.25) is 0 Å². The molecule has 0 aliphatic heterocycles. The van der Waals surface area contributed by atoms with E-state index in [1.807, 2.05) is 0 Å². The molecule has 0 spiro atoms. The van der Waals surface area contributed by atoms with Crippen LogP contribution in [0.5, 0.6) is 0 Å². The predicted molar refractivity (Wildman–Crippen MR) is 52.7 cm³/mol. The molecule has 0 amide bonds. The van der Waals surface area contributed by atoms with Gasteiger partial charge in [0.25, 0.3) is 0 Å². The first-order valence-electron chi connectivity index (χ1n) is 4.85. The van der Waals surface area contributed by atoms with Gasteiger partial charge in [-0.05, 0) is 34.7 Å². The maximum atomic E-state index is 8.50. The van der Waals surface area contributed by atoms with Gasteiger partial charge in [0.2, 0.25) is 0 Å². The minimum Gasteiger partial charge on any atom is -0.0614 e. The summed E-state index contributed by atoms with van der Waals surface area (Å²) in [6, 6.07) is 13.2. The van der Waals surface area contributed by atoms with Gasteiger partial charge in [0.1, 0.15) is 0 Å². The van der Waals surface area contributed by atoms with Crippen molar-refractivity contribution in [2.24, 2.45) is 0 Å². The van der Waals surface area contributed by atoms with E-state index in [0.717, 1.165) is 0 Å². The molecule has 2 aromatic rings. The Morgan fingerprint density at radius 3 is 1.80 bits per heavy atom. The first-order valence-corrected chi connectivity index (χ1v) is 6.13. The molecule has 0 radical (unpaired) electrons. The van der Waals surface area contributed by atoms with Gasteiger partial charge >= 0.3 is 25.7 Å². The molecule has 0 aromatic heterocycles. The Labute approximate surface area is 96.9 Å². The number of hydrogen-bond acceptors (Lipinski definition) is 2. The second-order valence-corrected chi connectivity index (χ2v) is 3.78. The minimum absolute atomic E-state index is 1.23. The molecule has 0 saturated carbocycles. The average molecular weight is 234 g/mol. The van der Waals surface area contributed by atoms with E-state index < -0.39 is 19.1 Å². The van der Waals surface area contributed by atoms with Gasteiger partial charge in [-0.2, -0.15) is 0 Å². The van der Waals surface area contributed by atoms with Crippen LogP contribution in [-0.4, -0.2) is 0 Å². The van der Waals surface area contributed by atoms with Gasteiger partial charge in [-0.1, -0.05) is 36.4 Å². The third kappa shape index (κ3) is 2.01. The molecular weight excluding hydrogens is 224 g/mol. The van der Waals surface area contributed by atoms with E-state index >= 15 is 0 Å². The molecule has 2 aromatic carbocycles. The molecule has 74 valence electrons. The molecule has 2 nitrogen and oxygen atoms in total. The third-order valence-corrected chi connectivity index (χ3v) is 2.74. The Kier molecular flexibility index (Phi) is 3.29. The summed E-state index contributed by atoms with van der Waals surface area (Å²) in [7, 11) is 0. The van der Waals surface area contributed by atoms with Crippen LogP contribution in [0.3, 0.4) is 0 Å². The zero-order valence-electron chi connectivity index (χ0n) is 8.19. The SMILES string of the molecule is [O]=[Ti]=[O].c1cc2c3c(cccc3c1)CC2. The van der Waals surface area contributed by atoms with Gasteiger partial charge in [0, 0.05) is 0 Å². The normalized spacial score (nSPS) is 11.7. The summed E-state index contributed by atoms with van der Waals surface area (Å²) in [5.74, 6) is 0. The van der Waals surface area contributed by atoms with E-state index in [-0.39, 0.29) is 0 Å². The van der Waals surface area contributed by atoms with Gasteiger partial charge in [-0.3, -0.25) is 0 Å². The molecule has 0 atom stereocenters. The van der Waals surface area contributed by atoms with Gasteiger partial charge < -0.3 is 0 Å². The van der Waals surface area contributed by atoms with Crippen LogP contribution in [0.25, 0.3) is 10.8 Å². The second kappa shape index (κ2) is 4.69. The van der Waals surface area contributed by atoms with Crippen LogP contribution in [0.1, 0.15) is 11.1 Å². The first-order chi connectivity index (χ1) is 7.36. The van der Waals surface area contributed by atoms with Crippen molar-refractivity contribution in [3.05, 3.63) is 47.5 Å². The number of rotatable bonds is 0. The van der Waals surface area contributed by atoms with Gasteiger partial charge in [-0.25, -0.2) is 0 Å². The van der Waals surface area contributed by atoms with Gasteiger partial charge in [0.15, 0.2) is 0 Å². The summed E-state index contributed by atoms with van der Waals surface area (Å²) >= 11 is -2.00. The molecule has 1 aliphatic carbocycles. The topological polar surface area (TPSA) is 34.1 Å². The predicted octanol–water partition coefficient (Wildman–Crippen LogP) is 2.70. The molecule has 0 bridgehead atoms. The molecule has 3 heteroatoms. The molecule has 0 fully saturated rings. The number of hydrogen-bond donors (Lipinski definition) is 0. The third-order valence-electron chi connectivity index (χ3n) is 2.74. The number of benzene rings is 2. The van der Waals surface area contributed by atoms with E-state index in [2.05, 4.69) is 36.4 Å². The van der Waals surface area contributed by atoms with Crippen molar-refractivity contribution in [3.63, 3.8) is 0 Å². The van der Waals surface area contributed by atoms with Gasteiger partial charge in [0.05, 0.1) is 0 Å². The quantitative estimate of drug-likeness (QED) is 0.656. The molecule has 0 unspecified atom stereocenters. The molecule has 3 rings (SSSR count). The smallest absolute Gasteiger partial charge is 0.0120 e. The summed E-state index contributed by atoms with van der Waals surface area (Å²) in [5.41, 5.74) is 3.06. The van der Waals surface area contributed by atoms with E-state index in [1.54, 1.807) is 0 Å². The Morgan fingerprint density at radius 2 is 1.33 bits per heavy atom. The summed E-state index contributed by atoms with van der Waals surface area (Å²) in [6.45, 7) is 0.